The van der Waals surface area contributed by atoms with E-state index in [9.17, 15) is 39.0 Å². The third kappa shape index (κ3) is 8.26. The number of nitro benzene ring substituents is 1. The number of nitrogens with zero attached hydrogens (tertiary/aromatic N) is 7. The Morgan fingerprint density at radius 3 is 2.10 bits per heavy atom. The fourth-order valence-corrected chi connectivity index (χ4v) is 4.86. The quantitative estimate of drug-likeness (QED) is 0.0689. The summed E-state index contributed by atoms with van der Waals surface area (Å²) in [6.07, 6.45) is 0. The zero-order valence-corrected chi connectivity index (χ0v) is 27.6. The second-order valence-electron chi connectivity index (χ2n) is 10.1. The molecule has 6 aromatic rings. The van der Waals surface area contributed by atoms with Gasteiger partial charge in [-0.05, 0) is 48.7 Å². The maximum absolute atomic E-state index is 12.4. The van der Waals surface area contributed by atoms with E-state index in [2.05, 4.69) is 25.6 Å². The number of aromatic nitrogens is 2. The number of hydrogen-bond donors (Lipinski definition) is 3. The molecule has 251 valence electrons. The number of rotatable bonds is 7. The van der Waals surface area contributed by atoms with Crippen molar-refractivity contribution in [2.75, 3.05) is 0 Å². The van der Waals surface area contributed by atoms with E-state index < -0.39 is 31.6 Å². The Morgan fingerprint density at radius 2 is 1.40 bits per heavy atom. The molecule has 0 fully saturated rings. The Labute approximate surface area is 294 Å². The number of aromatic hydroxyl groups is 2. The van der Waals surface area contributed by atoms with Crippen LogP contribution in [0.5, 0.6) is 23.1 Å². The molecule has 0 atom stereocenters. The van der Waals surface area contributed by atoms with E-state index in [0.29, 0.717) is 16.8 Å². The summed E-state index contributed by atoms with van der Waals surface area (Å²) in [7, 11) is -4.43. The number of hydrogen-bond acceptors (Lipinski definition) is 13. The maximum atomic E-state index is 12.4. The summed E-state index contributed by atoms with van der Waals surface area (Å²) >= 11 is 0. The molecule has 0 aliphatic heterocycles. The molecule has 1 aromatic heterocycles. The van der Waals surface area contributed by atoms with Crippen LogP contribution in [-0.4, -0.2) is 37.9 Å². The molecule has 0 amide bonds. The third-order valence-corrected chi connectivity index (χ3v) is 7.63. The molecule has 0 unspecified atom stereocenters. The number of phenols is 2. The zero-order chi connectivity index (χ0) is 35.3. The van der Waals surface area contributed by atoms with Crippen LogP contribution in [0, 0.1) is 17.0 Å². The van der Waals surface area contributed by atoms with Crippen molar-refractivity contribution >= 4 is 49.3 Å². The molecule has 0 aliphatic rings. The smallest absolute Gasteiger partial charge is 0.871 e. The number of benzene rings is 5. The van der Waals surface area contributed by atoms with Gasteiger partial charge in [-0.25, -0.2) is 4.68 Å². The van der Waals surface area contributed by atoms with E-state index in [-0.39, 0.29) is 57.3 Å². The molecule has 6 rings (SSSR count). The Morgan fingerprint density at radius 1 is 0.760 bits per heavy atom. The predicted molar refractivity (Wildman–Crippen MR) is 172 cm³/mol. The van der Waals surface area contributed by atoms with Gasteiger partial charge in [-0.1, -0.05) is 60.3 Å². The SMILES string of the molecule is Cc1nn(-c2ccccc2)c([O-])c1N=Nc1cc([N+](=O)[O-])ccc1[O-].O=S(=O)(O)c1ccc(O)c(N=Nc2c(O)ccc3ccccc23)c1.[Cr+3]. The van der Waals surface area contributed by atoms with E-state index in [4.69, 9.17) is 4.55 Å². The number of non-ortho nitro benzene ring substituents is 1. The van der Waals surface area contributed by atoms with Crippen LogP contribution in [0.3, 0.4) is 0 Å². The van der Waals surface area contributed by atoms with Crippen LogP contribution in [0.15, 0.2) is 128 Å². The topological polar surface area (TPSA) is 251 Å². The van der Waals surface area contributed by atoms with Crippen LogP contribution >= 0.6 is 0 Å². The van der Waals surface area contributed by atoms with Gasteiger partial charge in [0.25, 0.3) is 15.8 Å². The maximum Gasteiger partial charge on any atom is 3.00 e. The fraction of sp³-hybridized carbons (Fsp3) is 0.0312. The summed E-state index contributed by atoms with van der Waals surface area (Å²) < 4.78 is 32.6. The van der Waals surface area contributed by atoms with Gasteiger partial charge in [-0.15, -0.1) is 15.3 Å². The van der Waals surface area contributed by atoms with E-state index in [0.717, 1.165) is 41.8 Å². The van der Waals surface area contributed by atoms with E-state index in [1.165, 1.54) is 10.7 Å². The van der Waals surface area contributed by atoms with Crippen LogP contribution in [0.1, 0.15) is 5.69 Å². The summed E-state index contributed by atoms with van der Waals surface area (Å²) in [6, 6.07) is 25.4. The number of nitro groups is 1. The summed E-state index contributed by atoms with van der Waals surface area (Å²) in [5.41, 5.74) is 0.387. The van der Waals surface area contributed by atoms with Gasteiger partial charge in [0.15, 0.2) is 0 Å². The van der Waals surface area contributed by atoms with Crippen molar-refractivity contribution in [2.45, 2.75) is 11.8 Å². The first-order valence-electron chi connectivity index (χ1n) is 14.0. The van der Waals surface area contributed by atoms with Crippen molar-refractivity contribution in [1.29, 1.82) is 0 Å². The first-order valence-corrected chi connectivity index (χ1v) is 15.4. The zero-order valence-electron chi connectivity index (χ0n) is 25.6. The molecule has 0 saturated heterocycles. The van der Waals surface area contributed by atoms with Crippen LogP contribution in [0.4, 0.5) is 28.4 Å². The van der Waals surface area contributed by atoms with Gasteiger partial charge < -0.3 is 20.4 Å². The third-order valence-electron chi connectivity index (χ3n) is 6.78. The number of azo groups is 2. The Hall–Kier alpha value is -6.19. The summed E-state index contributed by atoms with van der Waals surface area (Å²) in [6.45, 7) is 1.58. The molecule has 1 radical (unpaired) electrons. The van der Waals surface area contributed by atoms with Gasteiger partial charge >= 0.3 is 17.4 Å². The van der Waals surface area contributed by atoms with E-state index in [1.54, 1.807) is 49.4 Å². The van der Waals surface area contributed by atoms with Gasteiger partial charge in [0.2, 0.25) is 0 Å². The number of aryl methyl sites for hydroxylation is 1. The van der Waals surface area contributed by atoms with Gasteiger partial charge in [0, 0.05) is 23.4 Å². The van der Waals surface area contributed by atoms with Gasteiger partial charge in [-0.2, -0.15) is 18.6 Å². The summed E-state index contributed by atoms with van der Waals surface area (Å²) in [5.74, 6) is -1.45. The average molecular weight is 734 g/mol. The standard InChI is InChI=1S/C16H13N5O4.C16H12N2O5S.Cr/c1-10-15(16(23)20(19-10)11-5-3-2-4-6-11)18-17-13-9-12(21(24)25)7-8-14(13)22;19-14-8-6-11(24(21,22)23)9-13(14)17-18-16-12-4-2-1-3-10(12)5-7-15(16)20;/h2-9,22-23H,1H3;1-9,19-20H,(H,21,22,23);/q;;+3/p-2. The molecular formula is C32H23CrN7O9S+. The normalized spacial score (nSPS) is 11.3. The number of phenolic OH excluding ortho intramolecular Hbond substituents is 2. The molecule has 1 heterocycles. The number of para-hydroxylation sites is 1. The van der Waals surface area contributed by atoms with E-state index >= 15 is 0 Å². The average Bonchev–Trinajstić information content (AvgIpc) is 3.36. The Kier molecular flexibility index (Phi) is 11.3. The molecule has 0 bridgehead atoms. The summed E-state index contributed by atoms with van der Waals surface area (Å²) in [4.78, 5) is 9.71. The molecule has 18 heteroatoms. The molecule has 16 nitrogen and oxygen atoms in total. The van der Waals surface area contributed by atoms with Crippen molar-refractivity contribution in [3.8, 4) is 28.8 Å². The largest absolute Gasteiger partial charge is 3.00 e. The van der Waals surface area contributed by atoms with Crippen molar-refractivity contribution in [2.24, 2.45) is 20.5 Å². The molecule has 50 heavy (non-hydrogen) atoms. The minimum atomic E-state index is -4.43. The van der Waals surface area contributed by atoms with Gasteiger partial charge in [-0.3, -0.25) is 14.7 Å². The van der Waals surface area contributed by atoms with Crippen LogP contribution in [0.25, 0.3) is 16.5 Å². The Bertz CT molecular complexity index is 2370. The molecular weight excluding hydrogens is 710 g/mol. The van der Waals surface area contributed by atoms with Gasteiger partial charge in [0.1, 0.15) is 28.6 Å². The second kappa shape index (κ2) is 15.4. The molecule has 0 aliphatic carbocycles. The predicted octanol–water partition coefficient (Wildman–Crippen LogP) is 6.56. The second-order valence-corrected chi connectivity index (χ2v) is 11.5. The monoisotopic (exact) mass is 733 g/mol. The Balaban J connectivity index is 0.000000220. The van der Waals surface area contributed by atoms with Gasteiger partial charge in [0.05, 0.1) is 26.9 Å². The molecule has 0 saturated carbocycles. The molecule has 5 aromatic carbocycles. The minimum absolute atomic E-state index is 0. The van der Waals surface area contributed by atoms with Crippen molar-refractivity contribution in [3.05, 3.63) is 119 Å². The first-order chi connectivity index (χ1) is 23.3. The first kappa shape index (κ1) is 36.6. The van der Waals surface area contributed by atoms with Crippen LogP contribution < -0.4 is 10.2 Å². The van der Waals surface area contributed by atoms with Crippen molar-refractivity contribution < 1.29 is 55.7 Å². The van der Waals surface area contributed by atoms with Crippen molar-refractivity contribution in [1.82, 2.24) is 9.78 Å². The number of fused-ring (bicyclic) bond motifs is 1. The van der Waals surface area contributed by atoms with E-state index in [1.807, 2.05) is 18.2 Å². The minimum Gasteiger partial charge on any atom is -0.871 e. The van der Waals surface area contributed by atoms with Crippen LogP contribution in [0.2, 0.25) is 0 Å². The fourth-order valence-electron chi connectivity index (χ4n) is 4.35. The molecule has 3 N–H and O–H groups in total. The van der Waals surface area contributed by atoms with Crippen molar-refractivity contribution in [3.63, 3.8) is 0 Å². The molecule has 0 spiro atoms. The van der Waals surface area contributed by atoms with Crippen LogP contribution in [-0.2, 0) is 27.5 Å². The summed E-state index contributed by atoms with van der Waals surface area (Å²) in [5, 5.41) is 75.5.